The molecule has 2 aromatic rings. The largest absolute Gasteiger partial charge is 0.493 e. The normalized spacial score (nSPS) is 12.0. The summed E-state index contributed by atoms with van der Waals surface area (Å²) in [5, 5.41) is 2.61. The molecule has 0 heterocycles. The van der Waals surface area contributed by atoms with Gasteiger partial charge in [0.15, 0.2) is 6.10 Å². The molecule has 0 unspecified atom stereocenters. The van der Waals surface area contributed by atoms with Crippen LogP contribution in [0.3, 0.4) is 0 Å². The molecule has 1 atom stereocenters. The molecule has 0 radical (unpaired) electrons. The van der Waals surface area contributed by atoms with Crippen molar-refractivity contribution in [1.82, 2.24) is 0 Å². The molecule has 3 N–H and O–H groups in total. The highest BCUT2D eigenvalue weighted by atomic mass is 16.5. The van der Waals surface area contributed by atoms with Crippen LogP contribution in [-0.4, -0.2) is 30.5 Å². The number of rotatable bonds is 8. The predicted molar refractivity (Wildman–Crippen MR) is 114 cm³/mol. The predicted octanol–water partition coefficient (Wildman–Crippen LogP) is 3.42. The van der Waals surface area contributed by atoms with Gasteiger partial charge in [-0.15, -0.1) is 0 Å². The summed E-state index contributed by atoms with van der Waals surface area (Å²) in [7, 11) is 0. The van der Waals surface area contributed by atoms with Crippen LogP contribution >= 0.6 is 0 Å². The Balaban J connectivity index is 1.75. The van der Waals surface area contributed by atoms with Crippen molar-refractivity contribution >= 4 is 23.5 Å². The molecule has 0 aliphatic heterocycles. The third-order valence-corrected chi connectivity index (χ3v) is 4.41. The number of amides is 2. The summed E-state index contributed by atoms with van der Waals surface area (Å²) in [5.41, 5.74) is 7.23. The molecule has 0 aliphatic carbocycles. The maximum absolute atomic E-state index is 12.2. The highest BCUT2D eigenvalue weighted by molar-refractivity contribution is 5.96. The van der Waals surface area contributed by atoms with E-state index in [1.165, 1.54) is 24.6 Å². The van der Waals surface area contributed by atoms with Crippen molar-refractivity contribution < 1.29 is 23.9 Å². The molecular weight excluding hydrogens is 384 g/mol. The van der Waals surface area contributed by atoms with Gasteiger partial charge in [0.25, 0.3) is 5.91 Å². The van der Waals surface area contributed by atoms with E-state index in [4.69, 9.17) is 15.2 Å². The first-order valence-electron chi connectivity index (χ1n) is 9.70. The van der Waals surface area contributed by atoms with Crippen LogP contribution < -0.4 is 15.8 Å². The minimum atomic E-state index is -0.973. The number of primary amides is 1. The summed E-state index contributed by atoms with van der Waals surface area (Å²) in [5.74, 6) is -0.898. The Morgan fingerprint density at radius 1 is 1.00 bits per heavy atom. The molecule has 7 heteroatoms. The molecule has 0 saturated heterocycles. The van der Waals surface area contributed by atoms with E-state index >= 15 is 0 Å². The molecule has 0 saturated carbocycles. The molecule has 7 nitrogen and oxygen atoms in total. The number of carbonyl (C=O) groups excluding carboxylic acids is 3. The highest BCUT2D eigenvalue weighted by Gasteiger charge is 2.18. The lowest BCUT2D eigenvalue weighted by atomic mass is 9.87. The molecular formula is C23H28N2O5. The van der Waals surface area contributed by atoms with E-state index in [9.17, 15) is 14.4 Å². The minimum Gasteiger partial charge on any atom is -0.493 e. The Labute approximate surface area is 176 Å². The van der Waals surface area contributed by atoms with Crippen LogP contribution in [-0.2, 0) is 19.7 Å². The fourth-order valence-electron chi connectivity index (χ4n) is 2.57. The van der Waals surface area contributed by atoms with Crippen LogP contribution in [0.5, 0.6) is 5.75 Å². The Morgan fingerprint density at radius 2 is 1.60 bits per heavy atom. The smallest absolute Gasteiger partial charge is 0.310 e. The summed E-state index contributed by atoms with van der Waals surface area (Å²) in [6, 6.07) is 13.8. The van der Waals surface area contributed by atoms with E-state index in [2.05, 4.69) is 26.1 Å². The molecule has 0 spiro atoms. The summed E-state index contributed by atoms with van der Waals surface area (Å²) in [4.78, 5) is 35.2. The maximum Gasteiger partial charge on any atom is 0.310 e. The fourth-order valence-corrected chi connectivity index (χ4v) is 2.57. The number of anilines is 1. The zero-order valence-electron chi connectivity index (χ0n) is 17.7. The van der Waals surface area contributed by atoms with E-state index < -0.39 is 23.9 Å². The van der Waals surface area contributed by atoms with Gasteiger partial charge < -0.3 is 20.5 Å². The van der Waals surface area contributed by atoms with Crippen LogP contribution in [0.4, 0.5) is 5.69 Å². The molecule has 0 aromatic heterocycles. The van der Waals surface area contributed by atoms with Crippen molar-refractivity contribution in [2.75, 3.05) is 11.9 Å². The topological polar surface area (TPSA) is 108 Å². The van der Waals surface area contributed by atoms with Gasteiger partial charge in [-0.1, -0.05) is 32.9 Å². The summed E-state index contributed by atoms with van der Waals surface area (Å²) in [6.45, 7) is 8.03. The lowest BCUT2D eigenvalue weighted by Gasteiger charge is -2.19. The molecule has 0 fully saturated rings. The lowest BCUT2D eigenvalue weighted by Crippen LogP contribution is -2.30. The second kappa shape index (κ2) is 9.91. The Morgan fingerprint density at radius 3 is 2.13 bits per heavy atom. The van der Waals surface area contributed by atoms with E-state index in [0.717, 1.165) is 0 Å². The summed E-state index contributed by atoms with van der Waals surface area (Å²) in [6.07, 6.45) is -0.953. The number of carbonyl (C=O) groups is 3. The third kappa shape index (κ3) is 6.92. The van der Waals surface area contributed by atoms with Crippen LogP contribution in [0.25, 0.3) is 0 Å². The molecule has 2 amide bonds. The first-order valence-corrected chi connectivity index (χ1v) is 9.70. The molecule has 0 bridgehead atoms. The van der Waals surface area contributed by atoms with Gasteiger partial charge in [0, 0.05) is 11.3 Å². The number of nitrogens with two attached hydrogens (primary N) is 1. The first kappa shape index (κ1) is 22.9. The molecule has 160 valence electrons. The standard InChI is InChI=1S/C23H28N2O5/c1-15(22(28)25-18-9-5-16(6-10-18)21(24)27)30-20(26)13-14-29-19-11-7-17(8-12-19)23(2,3)4/h5-12,15H,13-14H2,1-4H3,(H2,24,27)(H,25,28)/t15-/m1/s1. The Hall–Kier alpha value is -3.35. The number of hydrogen-bond acceptors (Lipinski definition) is 5. The third-order valence-electron chi connectivity index (χ3n) is 4.41. The van der Waals surface area contributed by atoms with Crippen LogP contribution in [0.2, 0.25) is 0 Å². The average Bonchev–Trinajstić information content (AvgIpc) is 2.68. The number of benzene rings is 2. The van der Waals surface area contributed by atoms with Gasteiger partial charge >= 0.3 is 5.97 Å². The van der Waals surface area contributed by atoms with Gasteiger partial charge in [-0.2, -0.15) is 0 Å². The summed E-state index contributed by atoms with van der Waals surface area (Å²) < 4.78 is 10.7. The van der Waals surface area contributed by atoms with Gasteiger partial charge in [-0.25, -0.2) is 0 Å². The average molecular weight is 412 g/mol. The van der Waals surface area contributed by atoms with E-state index in [1.807, 2.05) is 24.3 Å². The maximum atomic E-state index is 12.2. The van der Waals surface area contributed by atoms with Gasteiger partial charge in [0.1, 0.15) is 5.75 Å². The summed E-state index contributed by atoms with van der Waals surface area (Å²) >= 11 is 0. The van der Waals surface area contributed by atoms with E-state index in [-0.39, 0.29) is 18.4 Å². The quantitative estimate of drug-likeness (QED) is 0.646. The fraction of sp³-hybridized carbons (Fsp3) is 0.348. The molecule has 2 rings (SSSR count). The number of ether oxygens (including phenoxy) is 2. The van der Waals surface area contributed by atoms with Crippen molar-refractivity contribution in [3.8, 4) is 5.75 Å². The van der Waals surface area contributed by atoms with Crippen molar-refractivity contribution in [2.24, 2.45) is 5.73 Å². The Bertz CT molecular complexity index is 883. The van der Waals surface area contributed by atoms with Gasteiger partial charge in [0.2, 0.25) is 5.91 Å². The van der Waals surface area contributed by atoms with Crippen molar-refractivity contribution in [3.05, 3.63) is 59.7 Å². The first-order chi connectivity index (χ1) is 14.1. The zero-order valence-corrected chi connectivity index (χ0v) is 17.7. The highest BCUT2D eigenvalue weighted by Crippen LogP contribution is 2.24. The number of hydrogen-bond donors (Lipinski definition) is 2. The molecule has 2 aromatic carbocycles. The number of nitrogens with one attached hydrogen (secondary N) is 1. The van der Waals surface area contributed by atoms with Crippen molar-refractivity contribution in [2.45, 2.75) is 45.6 Å². The zero-order chi connectivity index (χ0) is 22.3. The monoisotopic (exact) mass is 412 g/mol. The lowest BCUT2D eigenvalue weighted by molar-refractivity contribution is -0.153. The van der Waals surface area contributed by atoms with E-state index in [1.54, 1.807) is 12.1 Å². The van der Waals surface area contributed by atoms with Gasteiger partial charge in [0.05, 0.1) is 13.0 Å². The molecule has 0 aliphatic rings. The second-order valence-electron chi connectivity index (χ2n) is 7.94. The van der Waals surface area contributed by atoms with E-state index in [0.29, 0.717) is 17.0 Å². The van der Waals surface area contributed by atoms with Gasteiger partial charge in [-0.05, 0) is 54.3 Å². The van der Waals surface area contributed by atoms with Gasteiger partial charge in [-0.3, -0.25) is 14.4 Å². The second-order valence-corrected chi connectivity index (χ2v) is 7.94. The number of esters is 1. The molecule has 30 heavy (non-hydrogen) atoms. The minimum absolute atomic E-state index is 0.0198. The van der Waals surface area contributed by atoms with Crippen LogP contribution in [0.15, 0.2) is 48.5 Å². The Kier molecular flexibility index (Phi) is 7.58. The van der Waals surface area contributed by atoms with Crippen LogP contribution in [0.1, 0.15) is 50.0 Å². The van der Waals surface area contributed by atoms with Crippen LogP contribution in [0, 0.1) is 0 Å². The SMILES string of the molecule is C[C@@H](OC(=O)CCOc1ccc(C(C)(C)C)cc1)C(=O)Nc1ccc(C(N)=O)cc1. The van der Waals surface area contributed by atoms with Crippen molar-refractivity contribution in [1.29, 1.82) is 0 Å². The van der Waals surface area contributed by atoms with Crippen molar-refractivity contribution in [3.63, 3.8) is 0 Å².